The average Bonchev–Trinajstić information content (AvgIpc) is 3.20. The van der Waals surface area contributed by atoms with Gasteiger partial charge >= 0.3 is 5.63 Å². The Hall–Kier alpha value is -2.99. The summed E-state index contributed by atoms with van der Waals surface area (Å²) in [6.45, 7) is 1.98. The van der Waals surface area contributed by atoms with E-state index in [1.165, 1.54) is 28.2 Å². The molecule has 0 radical (unpaired) electrons. The smallest absolute Gasteiger partial charge is 0.330 e. The van der Waals surface area contributed by atoms with Crippen LogP contribution in [0, 0.1) is 12.7 Å². The molecule has 0 fully saturated rings. The van der Waals surface area contributed by atoms with Crippen molar-refractivity contribution in [3.8, 4) is 27.4 Å². The van der Waals surface area contributed by atoms with Crippen LogP contribution < -0.4 is 5.63 Å². The largest absolute Gasteiger partial charge is 0.366 e. The molecule has 4 rings (SSSR count). The Labute approximate surface area is 146 Å². The van der Waals surface area contributed by atoms with Crippen LogP contribution in [0.3, 0.4) is 0 Å². The second-order valence-corrected chi connectivity index (χ2v) is 6.49. The maximum Gasteiger partial charge on any atom is 0.366 e. The Morgan fingerprint density at radius 1 is 1.08 bits per heavy atom. The van der Waals surface area contributed by atoms with Crippen LogP contribution in [0.4, 0.5) is 4.39 Å². The molecule has 0 atom stereocenters. The summed E-state index contributed by atoms with van der Waals surface area (Å²) in [5.74, 6) is -0.355. The van der Waals surface area contributed by atoms with Gasteiger partial charge in [0.15, 0.2) is 0 Å². The summed E-state index contributed by atoms with van der Waals surface area (Å²) < 4.78 is 20.4. The third-order valence-electron chi connectivity index (χ3n) is 3.82. The number of benzene rings is 1. The predicted octanol–water partition coefficient (Wildman–Crippen LogP) is 4.67. The fraction of sp³-hybridized carbons (Fsp3) is 0.0526. The molecule has 1 aromatic carbocycles. The molecule has 0 aliphatic heterocycles. The number of pyridine rings is 1. The Kier molecular flexibility index (Phi) is 3.82. The van der Waals surface area contributed by atoms with Crippen molar-refractivity contribution in [1.82, 2.24) is 9.72 Å². The first kappa shape index (κ1) is 15.5. The first-order valence-electron chi connectivity index (χ1n) is 7.61. The first-order chi connectivity index (χ1) is 12.1. The minimum atomic E-state index is -0.468. The topological polar surface area (TPSA) is 48.0 Å². The van der Waals surface area contributed by atoms with E-state index in [0.29, 0.717) is 16.8 Å². The molecule has 0 spiro atoms. The van der Waals surface area contributed by atoms with Gasteiger partial charge in [-0.25, -0.2) is 9.18 Å². The van der Waals surface area contributed by atoms with Crippen molar-refractivity contribution in [2.24, 2.45) is 0 Å². The van der Waals surface area contributed by atoms with Gasteiger partial charge in [-0.05, 0) is 53.8 Å². The summed E-state index contributed by atoms with van der Waals surface area (Å²) in [7, 11) is 0. The molecule has 0 saturated carbocycles. The molecule has 4 nitrogen and oxygen atoms in total. The highest BCUT2D eigenvalue weighted by molar-refractivity contribution is 7.12. The zero-order valence-electron chi connectivity index (χ0n) is 13.3. The van der Waals surface area contributed by atoms with Crippen molar-refractivity contribution in [2.45, 2.75) is 6.92 Å². The van der Waals surface area contributed by atoms with Gasteiger partial charge in [0.2, 0.25) is 0 Å². The van der Waals surface area contributed by atoms with Gasteiger partial charge in [-0.2, -0.15) is 4.74 Å². The van der Waals surface area contributed by atoms with Crippen LogP contribution in [0.1, 0.15) is 5.56 Å². The first-order valence-corrected chi connectivity index (χ1v) is 8.49. The minimum Gasteiger partial charge on any atom is -0.330 e. The fourth-order valence-electron chi connectivity index (χ4n) is 2.69. The van der Waals surface area contributed by atoms with Crippen molar-refractivity contribution >= 4 is 11.3 Å². The number of halogens is 1. The second kappa shape index (κ2) is 6.14. The van der Waals surface area contributed by atoms with Crippen LogP contribution >= 0.6 is 11.3 Å². The van der Waals surface area contributed by atoms with E-state index in [0.717, 1.165) is 16.1 Å². The van der Waals surface area contributed by atoms with E-state index in [2.05, 4.69) is 4.98 Å². The van der Waals surface area contributed by atoms with E-state index in [1.54, 1.807) is 24.5 Å². The summed E-state index contributed by atoms with van der Waals surface area (Å²) in [4.78, 5) is 16.6. The van der Waals surface area contributed by atoms with Crippen molar-refractivity contribution < 1.29 is 8.91 Å². The molecule has 0 bridgehead atoms. The molecule has 0 unspecified atom stereocenters. The van der Waals surface area contributed by atoms with Gasteiger partial charge in [-0.3, -0.25) is 4.98 Å². The van der Waals surface area contributed by atoms with Gasteiger partial charge in [0, 0.05) is 18.0 Å². The zero-order valence-corrected chi connectivity index (χ0v) is 14.1. The Morgan fingerprint density at radius 2 is 1.80 bits per heavy atom. The van der Waals surface area contributed by atoms with Crippen LogP contribution in [0.5, 0.6) is 0 Å². The normalized spacial score (nSPS) is 11.0. The van der Waals surface area contributed by atoms with E-state index in [9.17, 15) is 9.18 Å². The molecule has 0 amide bonds. The quantitative estimate of drug-likeness (QED) is 0.538. The number of aryl methyl sites for hydroxylation is 1. The number of thiophene rings is 1. The number of hydrogen-bond acceptors (Lipinski definition) is 4. The lowest BCUT2D eigenvalue weighted by molar-refractivity contribution is 0.330. The SMILES string of the molecule is Cc1csc(-n2oc(=O)c(-c3ccc(F)cc3)c2-c2ccncc2)c1. The van der Waals surface area contributed by atoms with E-state index in [-0.39, 0.29) is 5.82 Å². The third-order valence-corrected chi connectivity index (χ3v) is 4.84. The minimum absolute atomic E-state index is 0.355. The molecule has 3 aromatic heterocycles. The monoisotopic (exact) mass is 352 g/mol. The van der Waals surface area contributed by atoms with Gasteiger partial charge in [0.25, 0.3) is 0 Å². The van der Waals surface area contributed by atoms with Gasteiger partial charge < -0.3 is 4.52 Å². The summed E-state index contributed by atoms with van der Waals surface area (Å²) in [5, 5.41) is 2.79. The maximum atomic E-state index is 13.3. The molecular formula is C19H13FN2O2S. The van der Waals surface area contributed by atoms with Crippen molar-refractivity contribution in [1.29, 1.82) is 0 Å². The molecule has 0 aliphatic carbocycles. The molecule has 0 N–H and O–H groups in total. The lowest BCUT2D eigenvalue weighted by Gasteiger charge is -2.07. The van der Waals surface area contributed by atoms with Crippen LogP contribution in [0.25, 0.3) is 27.4 Å². The van der Waals surface area contributed by atoms with Crippen LogP contribution in [-0.2, 0) is 0 Å². The van der Waals surface area contributed by atoms with Crippen LogP contribution in [0.15, 0.2) is 69.6 Å². The molecular weight excluding hydrogens is 339 g/mol. The number of aromatic nitrogens is 2. The zero-order chi connectivity index (χ0) is 17.4. The standard InChI is InChI=1S/C19H13FN2O2S/c1-12-10-16(25-11-12)22-18(14-6-8-21-9-7-14)17(19(23)24-22)13-2-4-15(20)5-3-13/h2-11H,1H3. The lowest BCUT2D eigenvalue weighted by Crippen LogP contribution is -1.97. The molecule has 0 aliphatic rings. The summed E-state index contributed by atoms with van der Waals surface area (Å²) in [6, 6.07) is 11.4. The van der Waals surface area contributed by atoms with Gasteiger partial charge in [0.05, 0.1) is 5.56 Å². The number of nitrogens with zero attached hydrogens (tertiary/aromatic N) is 2. The highest BCUT2D eigenvalue weighted by atomic mass is 32.1. The molecule has 25 heavy (non-hydrogen) atoms. The lowest BCUT2D eigenvalue weighted by atomic mass is 10.0. The highest BCUT2D eigenvalue weighted by Crippen LogP contribution is 2.33. The third kappa shape index (κ3) is 2.81. The van der Waals surface area contributed by atoms with Gasteiger partial charge in [-0.1, -0.05) is 12.1 Å². The predicted molar refractivity (Wildman–Crippen MR) is 95.5 cm³/mol. The second-order valence-electron chi connectivity index (χ2n) is 5.60. The van der Waals surface area contributed by atoms with Gasteiger partial charge in [-0.15, -0.1) is 11.3 Å². The van der Waals surface area contributed by atoms with Crippen molar-refractivity contribution in [3.63, 3.8) is 0 Å². The van der Waals surface area contributed by atoms with Crippen molar-refractivity contribution in [2.75, 3.05) is 0 Å². The summed E-state index contributed by atoms with van der Waals surface area (Å²) >= 11 is 1.49. The molecule has 0 saturated heterocycles. The Morgan fingerprint density at radius 3 is 2.44 bits per heavy atom. The van der Waals surface area contributed by atoms with Crippen LogP contribution in [-0.4, -0.2) is 9.72 Å². The highest BCUT2D eigenvalue weighted by Gasteiger charge is 2.22. The molecule has 6 heteroatoms. The van der Waals surface area contributed by atoms with E-state index in [4.69, 9.17) is 4.52 Å². The van der Waals surface area contributed by atoms with Gasteiger partial charge in [0.1, 0.15) is 16.5 Å². The van der Waals surface area contributed by atoms with E-state index >= 15 is 0 Å². The summed E-state index contributed by atoms with van der Waals surface area (Å²) in [6.07, 6.45) is 3.32. The van der Waals surface area contributed by atoms with E-state index in [1.807, 2.05) is 30.5 Å². The fourth-order valence-corrected chi connectivity index (χ4v) is 3.55. The number of hydrogen-bond donors (Lipinski definition) is 0. The van der Waals surface area contributed by atoms with E-state index < -0.39 is 5.63 Å². The summed E-state index contributed by atoms with van der Waals surface area (Å²) in [5.41, 5.74) is 3.04. The van der Waals surface area contributed by atoms with Crippen LogP contribution in [0.2, 0.25) is 0 Å². The Bertz CT molecular complexity index is 1080. The molecule has 3 heterocycles. The number of rotatable bonds is 3. The van der Waals surface area contributed by atoms with Crippen molar-refractivity contribution in [3.05, 3.63) is 82.0 Å². The molecule has 4 aromatic rings. The average molecular weight is 352 g/mol. The maximum absolute atomic E-state index is 13.3. The molecule has 124 valence electrons. The Balaban J connectivity index is 2.03.